The van der Waals surface area contributed by atoms with Crippen molar-refractivity contribution in [3.8, 4) is 0 Å². The van der Waals surface area contributed by atoms with Gasteiger partial charge in [-0.15, -0.1) is 6.58 Å². The molecule has 166 valence electrons. The van der Waals surface area contributed by atoms with Gasteiger partial charge in [-0.05, 0) is 25.7 Å². The van der Waals surface area contributed by atoms with Crippen LogP contribution in [0.25, 0.3) is 0 Å². The summed E-state index contributed by atoms with van der Waals surface area (Å²) in [6.07, 6.45) is 5.16. The van der Waals surface area contributed by atoms with Crippen molar-refractivity contribution in [2.24, 2.45) is 0 Å². The molecule has 1 rings (SSSR count). The van der Waals surface area contributed by atoms with Gasteiger partial charge in [-0.2, -0.15) is 0 Å². The Labute approximate surface area is 171 Å². The lowest BCUT2D eigenvalue weighted by Crippen LogP contribution is -2.63. The van der Waals surface area contributed by atoms with Gasteiger partial charge in [-0.3, -0.25) is 0 Å². The molecule has 2 N–H and O–H groups in total. The molecule has 0 aliphatic carbocycles. The summed E-state index contributed by atoms with van der Waals surface area (Å²) in [7, 11) is 0. The molecule has 6 heteroatoms. The van der Waals surface area contributed by atoms with Crippen molar-refractivity contribution >= 4 is 0 Å². The van der Waals surface area contributed by atoms with E-state index >= 15 is 0 Å². The van der Waals surface area contributed by atoms with Crippen LogP contribution < -0.4 is 0 Å². The van der Waals surface area contributed by atoms with E-state index < -0.39 is 18.3 Å². The average Bonchev–Trinajstić information content (AvgIpc) is 2.70. The van der Waals surface area contributed by atoms with E-state index in [1.807, 2.05) is 0 Å². The summed E-state index contributed by atoms with van der Waals surface area (Å²) in [5.74, 6) is 0. The van der Waals surface area contributed by atoms with E-state index in [1.165, 1.54) is 0 Å². The molecule has 1 fully saturated rings. The van der Waals surface area contributed by atoms with Crippen LogP contribution in [0, 0.1) is 0 Å². The van der Waals surface area contributed by atoms with Crippen molar-refractivity contribution in [3.05, 3.63) is 12.7 Å². The van der Waals surface area contributed by atoms with Gasteiger partial charge in [-0.1, -0.05) is 46.1 Å². The van der Waals surface area contributed by atoms with E-state index in [9.17, 15) is 10.2 Å². The van der Waals surface area contributed by atoms with Crippen LogP contribution in [0.2, 0.25) is 0 Å². The molecule has 6 nitrogen and oxygen atoms in total. The smallest absolute Gasteiger partial charge is 0.115 e. The summed E-state index contributed by atoms with van der Waals surface area (Å²) in [6.45, 7) is 11.6. The minimum Gasteiger partial charge on any atom is -0.394 e. The first kappa shape index (κ1) is 25.5. The highest BCUT2D eigenvalue weighted by Gasteiger charge is 2.49. The predicted molar refractivity (Wildman–Crippen MR) is 111 cm³/mol. The van der Waals surface area contributed by atoms with E-state index in [1.54, 1.807) is 6.08 Å². The van der Waals surface area contributed by atoms with E-state index in [4.69, 9.17) is 18.9 Å². The zero-order valence-electron chi connectivity index (χ0n) is 18.1. The standard InChI is InChI=1S/C22H42O6/c1-5-9-13-25-20-18(12-8-4)28-19(17(24)16-23)21(26-14-10-6-2)22(20)27-15-11-7-3/h8,17-24H,4-7,9-16H2,1-3H3/t17-,18-,19?,20?,21-,22-/m1/s1. The fraction of sp³-hybridized carbons (Fsp3) is 0.909. The molecule has 0 spiro atoms. The van der Waals surface area contributed by atoms with Gasteiger partial charge in [0.05, 0.1) is 12.7 Å². The van der Waals surface area contributed by atoms with Crippen molar-refractivity contribution in [1.82, 2.24) is 0 Å². The number of hydrogen-bond acceptors (Lipinski definition) is 6. The number of hydrogen-bond donors (Lipinski definition) is 2. The second-order valence-electron chi connectivity index (χ2n) is 7.48. The maximum atomic E-state index is 10.4. The molecule has 0 radical (unpaired) electrons. The highest BCUT2D eigenvalue weighted by molar-refractivity contribution is 4.99. The van der Waals surface area contributed by atoms with Crippen molar-refractivity contribution in [2.45, 2.75) is 102 Å². The molecular formula is C22H42O6. The first-order valence-electron chi connectivity index (χ1n) is 11.0. The third kappa shape index (κ3) is 8.09. The molecule has 2 unspecified atom stereocenters. The van der Waals surface area contributed by atoms with E-state index in [0.717, 1.165) is 38.5 Å². The third-order valence-corrected chi connectivity index (χ3v) is 5.06. The Morgan fingerprint density at radius 3 is 1.86 bits per heavy atom. The Hall–Kier alpha value is -0.500. The van der Waals surface area contributed by atoms with Crippen LogP contribution in [0.15, 0.2) is 12.7 Å². The Morgan fingerprint density at radius 2 is 1.39 bits per heavy atom. The number of rotatable bonds is 16. The van der Waals surface area contributed by atoms with Crippen LogP contribution in [0.5, 0.6) is 0 Å². The Bertz CT molecular complexity index is 391. The van der Waals surface area contributed by atoms with Gasteiger partial charge in [0.25, 0.3) is 0 Å². The summed E-state index contributed by atoms with van der Waals surface area (Å²) < 4.78 is 24.8. The molecule has 1 aliphatic heterocycles. The monoisotopic (exact) mass is 402 g/mol. The minimum atomic E-state index is -1.03. The Morgan fingerprint density at radius 1 is 0.893 bits per heavy atom. The van der Waals surface area contributed by atoms with Crippen molar-refractivity contribution < 1.29 is 29.2 Å². The lowest BCUT2D eigenvalue weighted by Gasteiger charge is -2.47. The van der Waals surface area contributed by atoms with E-state index in [-0.39, 0.29) is 24.9 Å². The molecule has 0 saturated carbocycles. The van der Waals surface area contributed by atoms with E-state index in [0.29, 0.717) is 26.2 Å². The molecule has 0 aromatic carbocycles. The van der Waals surface area contributed by atoms with Crippen LogP contribution in [-0.4, -0.2) is 73.3 Å². The topological polar surface area (TPSA) is 77.4 Å². The van der Waals surface area contributed by atoms with Gasteiger partial charge in [-0.25, -0.2) is 0 Å². The summed E-state index contributed by atoms with van der Waals surface area (Å²) in [5.41, 5.74) is 0. The van der Waals surface area contributed by atoms with Gasteiger partial charge in [0.15, 0.2) is 0 Å². The number of unbranched alkanes of at least 4 members (excludes halogenated alkanes) is 3. The summed E-state index contributed by atoms with van der Waals surface area (Å²) >= 11 is 0. The molecule has 0 bridgehead atoms. The molecule has 1 saturated heterocycles. The van der Waals surface area contributed by atoms with Crippen LogP contribution in [-0.2, 0) is 18.9 Å². The molecule has 6 atom stereocenters. The fourth-order valence-corrected chi connectivity index (χ4v) is 3.38. The second-order valence-corrected chi connectivity index (χ2v) is 7.48. The Balaban J connectivity index is 3.08. The average molecular weight is 403 g/mol. The largest absolute Gasteiger partial charge is 0.394 e. The molecular weight excluding hydrogens is 360 g/mol. The van der Waals surface area contributed by atoms with Crippen molar-refractivity contribution in [2.75, 3.05) is 26.4 Å². The first-order valence-corrected chi connectivity index (χ1v) is 11.0. The van der Waals surface area contributed by atoms with E-state index in [2.05, 4.69) is 27.4 Å². The third-order valence-electron chi connectivity index (χ3n) is 5.06. The van der Waals surface area contributed by atoms with Crippen LogP contribution in [0.4, 0.5) is 0 Å². The highest BCUT2D eigenvalue weighted by atomic mass is 16.6. The van der Waals surface area contributed by atoms with Crippen molar-refractivity contribution in [1.29, 1.82) is 0 Å². The van der Waals surface area contributed by atoms with Gasteiger partial charge in [0.1, 0.15) is 30.5 Å². The second kappa shape index (κ2) is 15.4. The molecule has 1 aliphatic rings. The molecule has 0 amide bonds. The maximum absolute atomic E-state index is 10.4. The van der Waals surface area contributed by atoms with Crippen LogP contribution >= 0.6 is 0 Å². The number of aliphatic hydroxyl groups is 2. The minimum absolute atomic E-state index is 0.293. The van der Waals surface area contributed by atoms with Gasteiger partial charge >= 0.3 is 0 Å². The lowest BCUT2D eigenvalue weighted by atomic mass is 9.90. The van der Waals surface area contributed by atoms with Gasteiger partial charge in [0, 0.05) is 19.8 Å². The highest BCUT2D eigenvalue weighted by Crippen LogP contribution is 2.32. The summed E-state index contributed by atoms with van der Waals surface area (Å²) in [4.78, 5) is 0. The first-order chi connectivity index (χ1) is 13.6. The SMILES string of the molecule is C=CC[C@H]1OC([C@H](O)CO)[C@@H](OCCCC)[C@H](OCCCC)C1OCCCC. The Kier molecular flexibility index (Phi) is 14.0. The zero-order chi connectivity index (χ0) is 20.8. The zero-order valence-corrected chi connectivity index (χ0v) is 18.1. The molecule has 0 aromatic heterocycles. The lowest BCUT2D eigenvalue weighted by molar-refractivity contribution is -0.275. The fourth-order valence-electron chi connectivity index (χ4n) is 3.38. The molecule has 28 heavy (non-hydrogen) atoms. The van der Waals surface area contributed by atoms with Crippen molar-refractivity contribution in [3.63, 3.8) is 0 Å². The summed E-state index contributed by atoms with van der Waals surface area (Å²) in [5, 5.41) is 20.0. The van der Waals surface area contributed by atoms with Crippen LogP contribution in [0.1, 0.15) is 65.7 Å². The molecule has 0 aromatic rings. The molecule has 1 heterocycles. The summed E-state index contributed by atoms with van der Waals surface area (Å²) in [6, 6.07) is 0. The van der Waals surface area contributed by atoms with Gasteiger partial charge < -0.3 is 29.2 Å². The number of ether oxygens (including phenoxy) is 4. The normalized spacial score (nSPS) is 29.0. The van der Waals surface area contributed by atoms with Crippen LogP contribution in [0.3, 0.4) is 0 Å². The maximum Gasteiger partial charge on any atom is 0.115 e. The predicted octanol–water partition coefficient (Wildman–Crippen LogP) is 3.24. The number of aliphatic hydroxyl groups excluding tert-OH is 2. The quantitative estimate of drug-likeness (QED) is 0.305. The van der Waals surface area contributed by atoms with Gasteiger partial charge in [0.2, 0.25) is 0 Å².